The first kappa shape index (κ1) is 19.4. The maximum atomic E-state index is 12.4. The summed E-state index contributed by atoms with van der Waals surface area (Å²) in [5, 5.41) is 16.2. The van der Waals surface area contributed by atoms with Crippen LogP contribution in [0.5, 0.6) is 0 Å². The minimum Gasteiger partial charge on any atom is -0.373 e. The van der Waals surface area contributed by atoms with Crippen molar-refractivity contribution in [3.05, 3.63) is 50.5 Å². The number of hydrogen-bond donors (Lipinski definition) is 1. The van der Waals surface area contributed by atoms with Gasteiger partial charge in [0, 0.05) is 42.2 Å². The van der Waals surface area contributed by atoms with Crippen LogP contribution in [-0.4, -0.2) is 46.0 Å². The molecule has 1 aromatic carbocycles. The van der Waals surface area contributed by atoms with Crippen LogP contribution in [0.1, 0.15) is 35.5 Å². The molecule has 8 nitrogen and oxygen atoms in total. The molecule has 0 radical (unpaired) electrons. The van der Waals surface area contributed by atoms with E-state index in [0.29, 0.717) is 17.2 Å². The van der Waals surface area contributed by atoms with Gasteiger partial charge in [0.05, 0.1) is 22.8 Å². The third kappa shape index (κ3) is 4.88. The van der Waals surface area contributed by atoms with Crippen molar-refractivity contribution in [2.45, 2.75) is 39.5 Å². The number of ether oxygens (including phenoxy) is 1. The number of nitro benzene ring substituents is 1. The monoisotopic (exact) mass is 390 g/mol. The number of aryl methyl sites for hydroxylation is 1. The average molecular weight is 390 g/mol. The number of anilines is 1. The molecule has 0 spiro atoms. The molecular weight excluding hydrogens is 368 g/mol. The quantitative estimate of drug-likeness (QED) is 0.622. The van der Waals surface area contributed by atoms with Gasteiger partial charge in [-0.15, -0.1) is 11.3 Å². The van der Waals surface area contributed by atoms with Crippen molar-refractivity contribution in [2.24, 2.45) is 0 Å². The zero-order valence-corrected chi connectivity index (χ0v) is 16.3. The largest absolute Gasteiger partial charge is 0.373 e. The standard InChI is InChI=1S/C18H22N4O4S/c1-11-4-5-14(6-16(11)22(24)25)17(23)20-18-19-15(10-27-18)9-21-7-12(2)26-13(3)8-21/h4-6,10,12-13H,7-9H2,1-3H3,(H,19,20,23)/t12-,13-/m0/s1. The fourth-order valence-electron chi connectivity index (χ4n) is 3.20. The molecule has 0 unspecified atom stereocenters. The summed E-state index contributed by atoms with van der Waals surface area (Å²) in [7, 11) is 0. The molecule has 1 amide bonds. The maximum absolute atomic E-state index is 12.4. The van der Waals surface area contributed by atoms with E-state index in [9.17, 15) is 14.9 Å². The van der Waals surface area contributed by atoms with Crippen LogP contribution < -0.4 is 5.32 Å². The number of carbonyl (C=O) groups is 1. The van der Waals surface area contributed by atoms with Crippen LogP contribution in [0, 0.1) is 17.0 Å². The Hall–Kier alpha value is -2.36. The van der Waals surface area contributed by atoms with E-state index in [2.05, 4.69) is 29.0 Å². The highest BCUT2D eigenvalue weighted by atomic mass is 32.1. The Morgan fingerprint density at radius 3 is 2.78 bits per heavy atom. The number of morpholine rings is 1. The third-order valence-electron chi connectivity index (χ3n) is 4.32. The number of nitrogens with zero attached hydrogens (tertiary/aromatic N) is 3. The average Bonchev–Trinajstić information content (AvgIpc) is 3.00. The Balaban J connectivity index is 1.64. The summed E-state index contributed by atoms with van der Waals surface area (Å²) in [5.41, 5.74) is 1.56. The van der Waals surface area contributed by atoms with E-state index >= 15 is 0 Å². The van der Waals surface area contributed by atoms with Gasteiger partial charge in [-0.25, -0.2) is 4.98 Å². The zero-order chi connectivity index (χ0) is 19.6. The number of carbonyl (C=O) groups excluding carboxylic acids is 1. The molecule has 1 N–H and O–H groups in total. The van der Waals surface area contributed by atoms with Crippen molar-refractivity contribution in [1.82, 2.24) is 9.88 Å². The topological polar surface area (TPSA) is 97.6 Å². The van der Waals surface area contributed by atoms with Gasteiger partial charge in [-0.05, 0) is 26.8 Å². The van der Waals surface area contributed by atoms with Gasteiger partial charge in [-0.2, -0.15) is 0 Å². The van der Waals surface area contributed by atoms with Crippen LogP contribution in [0.3, 0.4) is 0 Å². The van der Waals surface area contributed by atoms with E-state index in [0.717, 1.165) is 18.8 Å². The van der Waals surface area contributed by atoms with E-state index in [1.807, 2.05) is 5.38 Å². The van der Waals surface area contributed by atoms with E-state index in [4.69, 9.17) is 4.74 Å². The fraction of sp³-hybridized carbons (Fsp3) is 0.444. The van der Waals surface area contributed by atoms with Gasteiger partial charge in [0.2, 0.25) is 0 Å². The Bertz CT molecular complexity index is 844. The molecule has 144 valence electrons. The number of nitro groups is 1. The van der Waals surface area contributed by atoms with E-state index in [1.165, 1.54) is 17.4 Å². The van der Waals surface area contributed by atoms with Gasteiger partial charge < -0.3 is 4.74 Å². The van der Waals surface area contributed by atoms with Crippen LogP contribution in [0.25, 0.3) is 0 Å². The van der Waals surface area contributed by atoms with E-state index in [-0.39, 0.29) is 23.5 Å². The number of thiazole rings is 1. The number of rotatable bonds is 5. The lowest BCUT2D eigenvalue weighted by molar-refractivity contribution is -0.385. The number of aromatic nitrogens is 1. The molecule has 3 rings (SSSR count). The molecule has 1 aliphatic rings. The second kappa shape index (κ2) is 8.12. The summed E-state index contributed by atoms with van der Waals surface area (Å²) < 4.78 is 5.73. The van der Waals surface area contributed by atoms with Crippen molar-refractivity contribution in [1.29, 1.82) is 0 Å². The van der Waals surface area contributed by atoms with Crippen LogP contribution in [0.15, 0.2) is 23.6 Å². The Kier molecular flexibility index (Phi) is 5.83. The van der Waals surface area contributed by atoms with Crippen molar-refractivity contribution >= 4 is 28.1 Å². The van der Waals surface area contributed by atoms with Gasteiger partial charge in [0.25, 0.3) is 11.6 Å². The van der Waals surface area contributed by atoms with Gasteiger partial charge in [0.1, 0.15) is 0 Å². The predicted molar refractivity (Wildman–Crippen MR) is 103 cm³/mol. The van der Waals surface area contributed by atoms with Crippen LogP contribution in [0.4, 0.5) is 10.8 Å². The number of amides is 1. The van der Waals surface area contributed by atoms with Crippen molar-refractivity contribution < 1.29 is 14.5 Å². The van der Waals surface area contributed by atoms with E-state index in [1.54, 1.807) is 19.1 Å². The van der Waals surface area contributed by atoms with Crippen molar-refractivity contribution in [2.75, 3.05) is 18.4 Å². The van der Waals surface area contributed by atoms with Crippen LogP contribution in [0.2, 0.25) is 0 Å². The Morgan fingerprint density at radius 1 is 1.41 bits per heavy atom. The number of hydrogen-bond acceptors (Lipinski definition) is 7. The second-order valence-electron chi connectivity index (χ2n) is 6.81. The number of nitrogens with one attached hydrogen (secondary N) is 1. The molecule has 0 bridgehead atoms. The van der Waals surface area contributed by atoms with E-state index < -0.39 is 10.8 Å². The lowest BCUT2D eigenvalue weighted by Gasteiger charge is -2.34. The SMILES string of the molecule is Cc1ccc(C(=O)Nc2nc(CN3C[C@H](C)O[C@@H](C)C3)cs2)cc1[N+](=O)[O-]. The fourth-order valence-corrected chi connectivity index (χ4v) is 3.89. The Labute approximate surface area is 161 Å². The first-order valence-corrected chi connectivity index (χ1v) is 9.58. The molecule has 1 saturated heterocycles. The highest BCUT2D eigenvalue weighted by Crippen LogP contribution is 2.22. The summed E-state index contributed by atoms with van der Waals surface area (Å²) in [5.74, 6) is -0.410. The zero-order valence-electron chi connectivity index (χ0n) is 15.5. The van der Waals surface area contributed by atoms with Crippen LogP contribution >= 0.6 is 11.3 Å². The predicted octanol–water partition coefficient (Wildman–Crippen LogP) is 3.22. The van der Waals surface area contributed by atoms with Gasteiger partial charge >= 0.3 is 0 Å². The molecule has 1 aromatic heterocycles. The molecule has 0 saturated carbocycles. The first-order chi connectivity index (χ1) is 12.8. The van der Waals surface area contributed by atoms with Gasteiger partial charge in [-0.3, -0.25) is 25.1 Å². The smallest absolute Gasteiger partial charge is 0.273 e. The molecule has 0 aliphatic carbocycles. The van der Waals surface area contributed by atoms with Crippen molar-refractivity contribution in [3.63, 3.8) is 0 Å². The molecule has 2 aromatic rings. The van der Waals surface area contributed by atoms with Gasteiger partial charge in [-0.1, -0.05) is 6.07 Å². The van der Waals surface area contributed by atoms with Gasteiger partial charge in [0.15, 0.2) is 5.13 Å². The molecule has 27 heavy (non-hydrogen) atoms. The first-order valence-electron chi connectivity index (χ1n) is 8.70. The molecule has 9 heteroatoms. The van der Waals surface area contributed by atoms with Crippen molar-refractivity contribution in [3.8, 4) is 0 Å². The minimum absolute atomic E-state index is 0.0713. The third-order valence-corrected chi connectivity index (χ3v) is 5.13. The minimum atomic E-state index is -0.488. The molecular formula is C18H22N4O4S. The summed E-state index contributed by atoms with van der Waals surface area (Å²) >= 11 is 1.34. The summed E-state index contributed by atoms with van der Waals surface area (Å²) in [6.07, 6.45) is 0.368. The summed E-state index contributed by atoms with van der Waals surface area (Å²) in [4.78, 5) is 29.7. The molecule has 2 atom stereocenters. The Morgan fingerprint density at radius 2 is 2.11 bits per heavy atom. The highest BCUT2D eigenvalue weighted by molar-refractivity contribution is 7.13. The molecule has 2 heterocycles. The number of benzene rings is 1. The second-order valence-corrected chi connectivity index (χ2v) is 7.67. The molecule has 1 fully saturated rings. The van der Waals surface area contributed by atoms with Crippen LogP contribution in [-0.2, 0) is 11.3 Å². The lowest BCUT2D eigenvalue weighted by atomic mass is 10.1. The normalized spacial score (nSPS) is 20.4. The lowest BCUT2D eigenvalue weighted by Crippen LogP contribution is -2.44. The molecule has 1 aliphatic heterocycles. The highest BCUT2D eigenvalue weighted by Gasteiger charge is 2.23. The summed E-state index contributed by atoms with van der Waals surface area (Å²) in [6, 6.07) is 4.43. The summed E-state index contributed by atoms with van der Waals surface area (Å²) in [6.45, 7) is 8.13. The maximum Gasteiger partial charge on any atom is 0.273 e.